The lowest BCUT2D eigenvalue weighted by molar-refractivity contribution is 1.62. The number of fused-ring (bicyclic) bond motifs is 2. The van der Waals surface area contributed by atoms with Crippen LogP contribution in [0.5, 0.6) is 0 Å². The molecule has 5 rings (SSSR count). The van der Waals surface area contributed by atoms with Crippen LogP contribution in [0.3, 0.4) is 0 Å². The highest BCUT2D eigenvalue weighted by atomic mass is 35.5. The zero-order chi connectivity index (χ0) is 18.2. The molecule has 0 heterocycles. The summed E-state index contributed by atoms with van der Waals surface area (Å²) >= 11 is 6.13. The predicted octanol–water partition coefficient (Wildman–Crippen LogP) is 7.98. The first-order chi connectivity index (χ1) is 13.3. The molecule has 0 nitrogen and oxygen atoms in total. The van der Waals surface area contributed by atoms with Gasteiger partial charge in [0.05, 0.1) is 0 Å². The molecule has 0 aliphatic heterocycles. The third-order valence-electron chi connectivity index (χ3n) is 5.14. The van der Waals surface area contributed by atoms with Crippen LogP contribution in [0.15, 0.2) is 103 Å². The first-order valence-electron chi connectivity index (χ1n) is 9.07. The Balaban J connectivity index is 1.91. The fourth-order valence-electron chi connectivity index (χ4n) is 3.88. The molecule has 0 bridgehead atoms. The van der Waals surface area contributed by atoms with E-state index in [2.05, 4.69) is 91.0 Å². The lowest BCUT2D eigenvalue weighted by Gasteiger charge is -2.16. The highest BCUT2D eigenvalue weighted by Gasteiger charge is 2.14. The van der Waals surface area contributed by atoms with Crippen LogP contribution in [0.2, 0.25) is 5.02 Å². The van der Waals surface area contributed by atoms with Crippen molar-refractivity contribution in [2.75, 3.05) is 0 Å². The van der Waals surface area contributed by atoms with Crippen LogP contribution >= 0.6 is 11.6 Å². The smallest absolute Gasteiger partial charge is 0.0406 e. The van der Waals surface area contributed by atoms with Crippen molar-refractivity contribution in [1.82, 2.24) is 0 Å². The Morgan fingerprint density at radius 2 is 1.07 bits per heavy atom. The van der Waals surface area contributed by atoms with E-state index in [0.29, 0.717) is 0 Å². The minimum absolute atomic E-state index is 0.756. The minimum atomic E-state index is 0.756. The van der Waals surface area contributed by atoms with E-state index in [9.17, 15) is 0 Å². The molecule has 0 aliphatic carbocycles. The topological polar surface area (TPSA) is 0 Å². The highest BCUT2D eigenvalue weighted by Crippen LogP contribution is 2.41. The zero-order valence-corrected chi connectivity index (χ0v) is 15.4. The summed E-state index contributed by atoms with van der Waals surface area (Å²) in [6.45, 7) is 0. The first kappa shape index (κ1) is 16.1. The van der Waals surface area contributed by atoms with E-state index < -0.39 is 0 Å². The van der Waals surface area contributed by atoms with Gasteiger partial charge in [-0.05, 0) is 55.9 Å². The SMILES string of the molecule is Clc1ccc(-c2ccc3ccccc3c2-c2cccc3ccccc23)cc1. The maximum atomic E-state index is 6.13. The second kappa shape index (κ2) is 6.57. The van der Waals surface area contributed by atoms with Gasteiger partial charge in [-0.1, -0.05) is 103 Å². The van der Waals surface area contributed by atoms with Crippen molar-refractivity contribution >= 4 is 33.1 Å². The van der Waals surface area contributed by atoms with Crippen molar-refractivity contribution in [2.24, 2.45) is 0 Å². The highest BCUT2D eigenvalue weighted by molar-refractivity contribution is 6.30. The van der Waals surface area contributed by atoms with E-state index in [1.54, 1.807) is 0 Å². The lowest BCUT2D eigenvalue weighted by Crippen LogP contribution is -1.89. The number of rotatable bonds is 2. The van der Waals surface area contributed by atoms with E-state index >= 15 is 0 Å². The number of hydrogen-bond donors (Lipinski definition) is 0. The molecule has 0 aromatic heterocycles. The molecule has 0 N–H and O–H groups in total. The minimum Gasteiger partial charge on any atom is -0.0843 e. The largest absolute Gasteiger partial charge is 0.0843 e. The van der Waals surface area contributed by atoms with E-state index in [-0.39, 0.29) is 0 Å². The van der Waals surface area contributed by atoms with Crippen molar-refractivity contribution in [3.8, 4) is 22.3 Å². The molecule has 0 spiro atoms. The van der Waals surface area contributed by atoms with Gasteiger partial charge in [0.2, 0.25) is 0 Å². The average Bonchev–Trinajstić information content (AvgIpc) is 2.73. The Labute approximate surface area is 163 Å². The molecule has 0 fully saturated rings. The molecule has 0 unspecified atom stereocenters. The van der Waals surface area contributed by atoms with Gasteiger partial charge in [0.1, 0.15) is 0 Å². The van der Waals surface area contributed by atoms with Gasteiger partial charge in [0.15, 0.2) is 0 Å². The second-order valence-corrected chi connectivity index (χ2v) is 7.18. The molecule has 27 heavy (non-hydrogen) atoms. The molecule has 0 saturated heterocycles. The molecule has 5 aromatic rings. The Morgan fingerprint density at radius 1 is 0.444 bits per heavy atom. The Morgan fingerprint density at radius 3 is 1.85 bits per heavy atom. The molecule has 1 heteroatoms. The fourth-order valence-corrected chi connectivity index (χ4v) is 4.00. The van der Waals surface area contributed by atoms with Gasteiger partial charge >= 0.3 is 0 Å². The Bertz CT molecular complexity index is 1260. The van der Waals surface area contributed by atoms with Gasteiger partial charge in [0, 0.05) is 5.02 Å². The quantitative estimate of drug-likeness (QED) is 0.298. The summed E-state index contributed by atoms with van der Waals surface area (Å²) in [7, 11) is 0. The molecule has 5 aromatic carbocycles. The number of benzene rings is 5. The summed E-state index contributed by atoms with van der Waals surface area (Å²) in [5.74, 6) is 0. The number of halogens is 1. The van der Waals surface area contributed by atoms with E-state index in [1.807, 2.05) is 12.1 Å². The summed E-state index contributed by atoms with van der Waals surface area (Å²) in [4.78, 5) is 0. The monoisotopic (exact) mass is 364 g/mol. The van der Waals surface area contributed by atoms with E-state index in [0.717, 1.165) is 5.02 Å². The zero-order valence-electron chi connectivity index (χ0n) is 14.7. The Kier molecular flexibility index (Phi) is 3.92. The average molecular weight is 365 g/mol. The first-order valence-corrected chi connectivity index (χ1v) is 9.45. The third kappa shape index (κ3) is 2.79. The van der Waals surface area contributed by atoms with Gasteiger partial charge in [0.25, 0.3) is 0 Å². The summed E-state index contributed by atoms with van der Waals surface area (Å²) in [5.41, 5.74) is 4.93. The molecular weight excluding hydrogens is 348 g/mol. The summed E-state index contributed by atoms with van der Waals surface area (Å²) in [5, 5.41) is 5.79. The maximum absolute atomic E-state index is 6.13. The van der Waals surface area contributed by atoms with E-state index in [1.165, 1.54) is 43.8 Å². The third-order valence-corrected chi connectivity index (χ3v) is 5.40. The van der Waals surface area contributed by atoms with Crippen LogP contribution < -0.4 is 0 Å². The normalized spacial score (nSPS) is 11.1. The molecule has 0 aliphatic rings. The molecular formula is C26H17Cl. The summed E-state index contributed by atoms with van der Waals surface area (Å²) in [6.07, 6.45) is 0. The molecule has 0 radical (unpaired) electrons. The van der Waals surface area contributed by atoms with Crippen molar-refractivity contribution in [3.05, 3.63) is 108 Å². The Hall–Kier alpha value is -3.09. The van der Waals surface area contributed by atoms with Crippen LogP contribution in [0.4, 0.5) is 0 Å². The lowest BCUT2D eigenvalue weighted by atomic mass is 9.87. The van der Waals surface area contributed by atoms with Gasteiger partial charge in [-0.15, -0.1) is 0 Å². The standard InChI is InChI=1S/C26H17Cl/c27-21-15-12-20(13-16-21)24-17-14-19-7-2-4-10-23(19)26(24)25-11-5-8-18-6-1-3-9-22(18)25/h1-17H. The van der Waals surface area contributed by atoms with Gasteiger partial charge in [-0.25, -0.2) is 0 Å². The van der Waals surface area contributed by atoms with Gasteiger partial charge in [-0.2, -0.15) is 0 Å². The van der Waals surface area contributed by atoms with Gasteiger partial charge in [-0.3, -0.25) is 0 Å². The van der Waals surface area contributed by atoms with Crippen LogP contribution in [0.25, 0.3) is 43.8 Å². The van der Waals surface area contributed by atoms with Crippen LogP contribution in [-0.4, -0.2) is 0 Å². The van der Waals surface area contributed by atoms with Gasteiger partial charge < -0.3 is 0 Å². The molecule has 0 saturated carbocycles. The summed E-state index contributed by atoms with van der Waals surface area (Å²) in [6, 6.07) is 36.3. The number of hydrogen-bond acceptors (Lipinski definition) is 0. The maximum Gasteiger partial charge on any atom is 0.0406 e. The van der Waals surface area contributed by atoms with E-state index in [4.69, 9.17) is 11.6 Å². The van der Waals surface area contributed by atoms with Crippen LogP contribution in [0, 0.1) is 0 Å². The van der Waals surface area contributed by atoms with Crippen molar-refractivity contribution in [1.29, 1.82) is 0 Å². The molecule has 128 valence electrons. The predicted molar refractivity (Wildman–Crippen MR) is 117 cm³/mol. The summed E-state index contributed by atoms with van der Waals surface area (Å²) < 4.78 is 0. The van der Waals surface area contributed by atoms with Crippen molar-refractivity contribution in [2.45, 2.75) is 0 Å². The van der Waals surface area contributed by atoms with Crippen LogP contribution in [-0.2, 0) is 0 Å². The van der Waals surface area contributed by atoms with Crippen LogP contribution in [0.1, 0.15) is 0 Å². The molecule has 0 amide bonds. The molecule has 0 atom stereocenters. The van der Waals surface area contributed by atoms with Crippen molar-refractivity contribution in [3.63, 3.8) is 0 Å². The second-order valence-electron chi connectivity index (χ2n) is 6.74. The van der Waals surface area contributed by atoms with Crippen molar-refractivity contribution < 1.29 is 0 Å². The fraction of sp³-hybridized carbons (Fsp3) is 0.